The maximum absolute atomic E-state index is 13.7. The number of aromatic nitrogens is 4. The number of imidazole rings is 2. The van der Waals surface area contributed by atoms with Crippen molar-refractivity contribution in [3.05, 3.63) is 71.6 Å². The van der Waals surface area contributed by atoms with Gasteiger partial charge in [-0.2, -0.15) is 0 Å². The molecule has 14 heteroatoms. The Kier molecular flexibility index (Phi) is 12.1. The third-order valence-corrected chi connectivity index (χ3v) is 11.3. The van der Waals surface area contributed by atoms with Crippen LogP contribution in [-0.4, -0.2) is 93.1 Å². The Labute approximate surface area is 334 Å². The molecule has 0 spiro atoms. The minimum absolute atomic E-state index is 0.113. The molecule has 1 fully saturated rings. The molecule has 304 valence electrons. The van der Waals surface area contributed by atoms with Crippen LogP contribution in [0.25, 0.3) is 33.6 Å². The van der Waals surface area contributed by atoms with Gasteiger partial charge in [0.2, 0.25) is 11.8 Å². The number of methoxy groups -OCH3 is 2. The summed E-state index contributed by atoms with van der Waals surface area (Å²) in [6, 6.07) is 11.3. The van der Waals surface area contributed by atoms with Gasteiger partial charge in [0, 0.05) is 18.5 Å². The number of fused-ring (bicyclic) bond motifs is 3. The highest BCUT2D eigenvalue weighted by molar-refractivity contribution is 5.88. The molecular weight excluding hydrogens is 725 g/mol. The molecule has 0 unspecified atom stereocenters. The van der Waals surface area contributed by atoms with Crippen LogP contribution >= 0.6 is 0 Å². The number of aromatic amines is 2. The van der Waals surface area contributed by atoms with Crippen LogP contribution in [0.4, 0.5) is 9.59 Å². The summed E-state index contributed by atoms with van der Waals surface area (Å²) in [7, 11) is 2.58. The summed E-state index contributed by atoms with van der Waals surface area (Å²) in [4.78, 5) is 71.2. The molecule has 4 aromatic rings. The number of carbonyl (C=O) groups excluding carboxylic acids is 4. The first-order chi connectivity index (χ1) is 27.2. The second-order valence-electron chi connectivity index (χ2n) is 16.2. The molecule has 3 atom stereocenters. The Morgan fingerprint density at radius 3 is 1.98 bits per heavy atom. The monoisotopic (exact) mass is 780 g/mol. The number of nitrogens with one attached hydrogen (secondary N) is 4. The second kappa shape index (κ2) is 16.8. The number of rotatable bonds is 13. The van der Waals surface area contributed by atoms with E-state index in [0.717, 1.165) is 47.6 Å². The maximum Gasteiger partial charge on any atom is 0.407 e. The third kappa shape index (κ3) is 8.26. The van der Waals surface area contributed by atoms with Gasteiger partial charge in [0.25, 0.3) is 0 Å². The summed E-state index contributed by atoms with van der Waals surface area (Å²) in [5, 5.41) is 5.40. The quantitative estimate of drug-likeness (QED) is 0.113. The molecule has 3 heterocycles. The lowest BCUT2D eigenvalue weighted by atomic mass is 9.81. The third-order valence-electron chi connectivity index (χ3n) is 11.3. The van der Waals surface area contributed by atoms with Crippen molar-refractivity contribution < 1.29 is 28.7 Å². The Bertz CT molecular complexity index is 2120. The van der Waals surface area contributed by atoms with Gasteiger partial charge in [-0.05, 0) is 76.6 Å². The van der Waals surface area contributed by atoms with E-state index in [-0.39, 0.29) is 41.7 Å². The number of alkyl carbamates (subject to hydrolysis) is 2. The molecule has 2 aliphatic rings. The van der Waals surface area contributed by atoms with Crippen molar-refractivity contribution in [2.45, 2.75) is 97.8 Å². The Morgan fingerprint density at radius 2 is 1.42 bits per heavy atom. The van der Waals surface area contributed by atoms with Crippen molar-refractivity contribution in [1.82, 2.24) is 40.4 Å². The first-order valence-electron chi connectivity index (χ1n) is 19.9. The van der Waals surface area contributed by atoms with Crippen molar-refractivity contribution in [2.75, 3.05) is 27.3 Å². The lowest BCUT2D eigenvalue weighted by molar-refractivity contribution is -0.136. The lowest BCUT2D eigenvalue weighted by Gasteiger charge is -2.30. The number of nitrogens with zero attached hydrogens (tertiary/aromatic N) is 4. The van der Waals surface area contributed by atoms with Gasteiger partial charge in [0.05, 0.1) is 50.6 Å². The number of hydrogen-bond acceptors (Lipinski definition) is 8. The molecule has 0 radical (unpaired) electrons. The zero-order valence-electron chi connectivity index (χ0n) is 34.5. The topological polar surface area (TPSA) is 175 Å². The van der Waals surface area contributed by atoms with Gasteiger partial charge in [-0.3, -0.25) is 9.59 Å². The van der Waals surface area contributed by atoms with Crippen molar-refractivity contribution in [3.63, 3.8) is 0 Å². The zero-order valence-corrected chi connectivity index (χ0v) is 34.5. The van der Waals surface area contributed by atoms with E-state index in [9.17, 15) is 19.2 Å². The smallest absolute Gasteiger partial charge is 0.407 e. The standard InChI is InChI=1S/C43H56N8O6/c1-10-17-50(39(52)36(24(2)3)48-41(54)56-8)23-35-44-21-32(46-35)26-13-15-28-29-16-14-27(20-31(29)43(6,7)30(28)19-26)33-22-45-38(47-33)34-12-11-18-51(34)40(53)37(25(4)5)49-42(55)57-9/h13-16,19-22,24-25,34,36-37H,10-12,17-18,23H2,1-9H3,(H,44,46)(H,45,47)(H,48,54)(H,49,55)/t34-,36-,37-/m0/s1. The molecule has 1 saturated heterocycles. The van der Waals surface area contributed by atoms with Crippen LogP contribution in [-0.2, 0) is 31.0 Å². The van der Waals surface area contributed by atoms with E-state index in [4.69, 9.17) is 14.5 Å². The second-order valence-corrected chi connectivity index (χ2v) is 16.2. The Balaban J connectivity index is 1.20. The highest BCUT2D eigenvalue weighted by Crippen LogP contribution is 2.50. The number of H-pyrrole nitrogens is 2. The average molecular weight is 781 g/mol. The number of likely N-dealkylation sites (tertiary alicyclic amines) is 1. The SMILES string of the molecule is CCCN(Cc1ncc(-c2ccc3c(c2)C(C)(C)c2cc(-c4cnc([C@@H]5CCCN5C(=O)[C@@H](NC(=O)OC)C(C)C)[nH]4)ccc2-3)[nH]1)C(=O)[C@@H](NC(=O)OC)C(C)C. The largest absolute Gasteiger partial charge is 0.453 e. The fourth-order valence-corrected chi connectivity index (χ4v) is 8.12. The predicted molar refractivity (Wildman–Crippen MR) is 217 cm³/mol. The van der Waals surface area contributed by atoms with Crippen molar-refractivity contribution in [1.29, 1.82) is 0 Å². The summed E-state index contributed by atoms with van der Waals surface area (Å²) in [6.07, 6.45) is 4.74. The predicted octanol–water partition coefficient (Wildman–Crippen LogP) is 6.94. The zero-order chi connectivity index (χ0) is 41.2. The van der Waals surface area contributed by atoms with Gasteiger partial charge in [-0.25, -0.2) is 19.6 Å². The van der Waals surface area contributed by atoms with Crippen LogP contribution in [0, 0.1) is 11.8 Å². The van der Waals surface area contributed by atoms with E-state index in [1.807, 2.05) is 45.7 Å². The van der Waals surface area contributed by atoms with E-state index >= 15 is 0 Å². The molecule has 0 bridgehead atoms. The van der Waals surface area contributed by atoms with Gasteiger partial charge < -0.3 is 39.9 Å². The van der Waals surface area contributed by atoms with E-state index in [1.165, 1.54) is 36.5 Å². The Hall–Kier alpha value is -5.66. The van der Waals surface area contributed by atoms with E-state index < -0.39 is 24.3 Å². The van der Waals surface area contributed by atoms with E-state index in [0.29, 0.717) is 18.9 Å². The average Bonchev–Trinajstić information content (AvgIpc) is 4.01. The minimum atomic E-state index is -0.719. The summed E-state index contributed by atoms with van der Waals surface area (Å²) in [5.41, 5.74) is 8.16. The number of amides is 4. The van der Waals surface area contributed by atoms with Crippen molar-refractivity contribution >= 4 is 24.0 Å². The number of hydrogen-bond donors (Lipinski definition) is 4. The summed E-state index contributed by atoms with van der Waals surface area (Å²) >= 11 is 0. The molecule has 1 aliphatic carbocycles. The fraction of sp³-hybridized carbons (Fsp3) is 0.488. The maximum atomic E-state index is 13.7. The highest BCUT2D eigenvalue weighted by atomic mass is 16.5. The van der Waals surface area contributed by atoms with Gasteiger partial charge >= 0.3 is 12.2 Å². The first kappa shape index (κ1) is 41.0. The van der Waals surface area contributed by atoms with Gasteiger partial charge in [0.15, 0.2) is 0 Å². The first-order valence-corrected chi connectivity index (χ1v) is 19.9. The summed E-state index contributed by atoms with van der Waals surface area (Å²) in [5.74, 6) is 0.814. The van der Waals surface area contributed by atoms with Gasteiger partial charge in [0.1, 0.15) is 23.7 Å². The molecule has 57 heavy (non-hydrogen) atoms. The highest BCUT2D eigenvalue weighted by Gasteiger charge is 2.39. The van der Waals surface area contributed by atoms with Crippen LogP contribution in [0.1, 0.15) is 96.5 Å². The molecule has 0 saturated carbocycles. The van der Waals surface area contributed by atoms with Gasteiger partial charge in [-0.1, -0.05) is 72.7 Å². The Morgan fingerprint density at radius 1 is 0.860 bits per heavy atom. The fourth-order valence-electron chi connectivity index (χ4n) is 8.12. The van der Waals surface area contributed by atoms with Gasteiger partial charge in [-0.15, -0.1) is 0 Å². The van der Waals surface area contributed by atoms with Crippen molar-refractivity contribution in [3.8, 4) is 33.6 Å². The van der Waals surface area contributed by atoms with E-state index in [1.54, 1.807) is 11.1 Å². The molecule has 2 aromatic heterocycles. The molecule has 4 amide bonds. The molecular formula is C43H56N8O6. The molecule has 1 aliphatic heterocycles. The molecule has 4 N–H and O–H groups in total. The molecule has 2 aromatic carbocycles. The lowest BCUT2D eigenvalue weighted by Crippen LogP contribution is -2.51. The van der Waals surface area contributed by atoms with Crippen LogP contribution < -0.4 is 10.6 Å². The molecule has 14 nitrogen and oxygen atoms in total. The number of carbonyl (C=O) groups is 4. The normalized spacial score (nSPS) is 16.5. The summed E-state index contributed by atoms with van der Waals surface area (Å²) < 4.78 is 9.55. The van der Waals surface area contributed by atoms with E-state index in [2.05, 4.69) is 75.8 Å². The number of benzene rings is 2. The molecule has 6 rings (SSSR count). The summed E-state index contributed by atoms with van der Waals surface area (Å²) in [6.45, 7) is 15.5. The van der Waals surface area contributed by atoms with Crippen molar-refractivity contribution in [2.24, 2.45) is 11.8 Å². The van der Waals surface area contributed by atoms with Crippen LogP contribution in [0.2, 0.25) is 0 Å². The van der Waals surface area contributed by atoms with Crippen LogP contribution in [0.15, 0.2) is 48.8 Å². The number of ether oxygens (including phenoxy) is 2. The van der Waals surface area contributed by atoms with Crippen LogP contribution in [0.5, 0.6) is 0 Å². The van der Waals surface area contributed by atoms with Crippen LogP contribution in [0.3, 0.4) is 0 Å². The minimum Gasteiger partial charge on any atom is -0.453 e.